The van der Waals surface area contributed by atoms with Crippen molar-refractivity contribution in [3.63, 3.8) is 0 Å². The molecule has 0 spiro atoms. The van der Waals surface area contributed by atoms with Crippen molar-refractivity contribution in [1.29, 1.82) is 0 Å². The number of carbonyl (C=O) groups excluding carboxylic acids is 2. The van der Waals surface area contributed by atoms with Crippen LogP contribution < -0.4 is 10.6 Å². The molecule has 0 saturated carbocycles. The molecule has 3 aromatic rings. The lowest BCUT2D eigenvalue weighted by atomic mass is 9.94. The van der Waals surface area contributed by atoms with Crippen LogP contribution in [-0.2, 0) is 10.0 Å². The maximum absolute atomic E-state index is 13.1. The molecule has 1 fully saturated rings. The monoisotopic (exact) mass is 519 g/mol. The normalized spacial score (nSPS) is 19.1. The number of hydrogen-bond acceptors (Lipinski definition) is 4. The number of anilines is 1. The second kappa shape index (κ2) is 11.3. The quantitative estimate of drug-likeness (QED) is 0.454. The molecule has 8 heteroatoms. The molecule has 3 aromatic carbocycles. The predicted octanol–water partition coefficient (Wildman–Crippen LogP) is 5.10. The minimum absolute atomic E-state index is 0.167. The van der Waals surface area contributed by atoms with Crippen molar-refractivity contribution < 1.29 is 18.0 Å². The largest absolute Gasteiger partial charge is 0.345 e. The van der Waals surface area contributed by atoms with Crippen LogP contribution in [0.3, 0.4) is 0 Å². The minimum Gasteiger partial charge on any atom is -0.345 e. The molecule has 0 unspecified atom stereocenters. The van der Waals surface area contributed by atoms with Gasteiger partial charge in [0.2, 0.25) is 10.0 Å². The van der Waals surface area contributed by atoms with Crippen molar-refractivity contribution >= 4 is 27.5 Å². The van der Waals surface area contributed by atoms with Gasteiger partial charge in [0.15, 0.2) is 0 Å². The van der Waals surface area contributed by atoms with Gasteiger partial charge in [-0.1, -0.05) is 56.3 Å². The molecule has 1 aliphatic rings. The summed E-state index contributed by atoms with van der Waals surface area (Å²) in [5.74, 6) is -0.132. The Balaban J connectivity index is 1.46. The zero-order valence-corrected chi connectivity index (χ0v) is 22.2. The Labute approximate surface area is 218 Å². The molecule has 3 atom stereocenters. The zero-order chi connectivity index (χ0) is 26.6. The molecule has 0 aromatic heterocycles. The summed E-state index contributed by atoms with van der Waals surface area (Å²) < 4.78 is 27.8. The first-order chi connectivity index (χ1) is 17.6. The summed E-state index contributed by atoms with van der Waals surface area (Å²) in [4.78, 5) is 26.1. The fourth-order valence-corrected chi connectivity index (χ4v) is 6.49. The Morgan fingerprint density at radius 1 is 0.838 bits per heavy atom. The summed E-state index contributed by atoms with van der Waals surface area (Å²) in [6.07, 6.45) is 1.01. The third-order valence-corrected chi connectivity index (χ3v) is 8.50. The van der Waals surface area contributed by atoms with Crippen molar-refractivity contribution in [3.8, 4) is 0 Å². The highest BCUT2D eigenvalue weighted by atomic mass is 32.2. The Bertz CT molecular complexity index is 1350. The van der Waals surface area contributed by atoms with E-state index >= 15 is 0 Å². The highest BCUT2D eigenvalue weighted by molar-refractivity contribution is 7.89. The third kappa shape index (κ3) is 6.26. The smallest absolute Gasteiger partial charge is 0.255 e. The van der Waals surface area contributed by atoms with Crippen molar-refractivity contribution in [2.45, 2.75) is 38.1 Å². The number of sulfonamides is 1. The van der Waals surface area contributed by atoms with Crippen LogP contribution in [0.15, 0.2) is 83.8 Å². The highest BCUT2D eigenvalue weighted by Crippen LogP contribution is 2.27. The van der Waals surface area contributed by atoms with Crippen molar-refractivity contribution in [3.05, 3.63) is 95.6 Å². The van der Waals surface area contributed by atoms with Crippen LogP contribution in [0.2, 0.25) is 0 Å². The van der Waals surface area contributed by atoms with Gasteiger partial charge in [-0.2, -0.15) is 4.31 Å². The van der Waals surface area contributed by atoms with Crippen LogP contribution in [0.1, 0.15) is 59.5 Å². The topological polar surface area (TPSA) is 95.6 Å². The van der Waals surface area contributed by atoms with Crippen LogP contribution in [0.25, 0.3) is 0 Å². The molecule has 194 valence electrons. The third-order valence-electron chi connectivity index (χ3n) is 6.66. The van der Waals surface area contributed by atoms with E-state index in [2.05, 4.69) is 24.5 Å². The number of nitrogens with one attached hydrogen (secondary N) is 2. The van der Waals surface area contributed by atoms with Gasteiger partial charge >= 0.3 is 0 Å². The van der Waals surface area contributed by atoms with E-state index < -0.39 is 15.9 Å². The summed E-state index contributed by atoms with van der Waals surface area (Å²) in [5, 5.41) is 5.76. The van der Waals surface area contributed by atoms with Crippen molar-refractivity contribution in [2.75, 3.05) is 18.4 Å². The van der Waals surface area contributed by atoms with Gasteiger partial charge in [-0.3, -0.25) is 9.59 Å². The van der Waals surface area contributed by atoms with Gasteiger partial charge in [-0.05, 0) is 67.1 Å². The molecule has 7 nitrogen and oxygen atoms in total. The molecule has 1 heterocycles. The predicted molar refractivity (Wildman–Crippen MR) is 145 cm³/mol. The molecule has 2 N–H and O–H groups in total. The molecule has 2 amide bonds. The summed E-state index contributed by atoms with van der Waals surface area (Å²) >= 11 is 0. The molecule has 0 bridgehead atoms. The highest BCUT2D eigenvalue weighted by Gasteiger charge is 2.31. The zero-order valence-electron chi connectivity index (χ0n) is 21.3. The van der Waals surface area contributed by atoms with Gasteiger partial charge in [0.05, 0.1) is 22.2 Å². The molecule has 0 aliphatic carbocycles. The van der Waals surface area contributed by atoms with Gasteiger partial charge < -0.3 is 10.6 Å². The van der Waals surface area contributed by atoms with E-state index in [4.69, 9.17) is 0 Å². The first kappa shape index (κ1) is 26.6. The van der Waals surface area contributed by atoms with E-state index in [1.165, 1.54) is 28.6 Å². The summed E-state index contributed by atoms with van der Waals surface area (Å²) in [7, 11) is -3.63. The Hall–Kier alpha value is -3.49. The second-order valence-corrected chi connectivity index (χ2v) is 11.8. The lowest BCUT2D eigenvalue weighted by molar-refractivity contribution is 0.0940. The molecule has 1 aliphatic heterocycles. The second-order valence-electron chi connectivity index (χ2n) is 9.90. The SMILES string of the molecule is C[C@@H]1C[C@H](C)CN(S(=O)(=O)c2ccc(C(=O)Nc3ccccc3C(=O)N[C@H](C)c3ccccc3)cc2)C1. The fraction of sp³-hybridized carbons (Fsp3) is 0.310. The maximum Gasteiger partial charge on any atom is 0.255 e. The van der Waals surface area contributed by atoms with Crippen LogP contribution in [-0.4, -0.2) is 37.6 Å². The number of rotatable bonds is 7. The van der Waals surface area contributed by atoms with Crippen LogP contribution in [0.4, 0.5) is 5.69 Å². The number of carbonyl (C=O) groups is 2. The first-order valence-corrected chi connectivity index (χ1v) is 14.0. The molecular weight excluding hydrogens is 486 g/mol. The summed E-state index contributed by atoms with van der Waals surface area (Å²) in [5.41, 5.74) is 1.98. The summed E-state index contributed by atoms with van der Waals surface area (Å²) in [6.45, 7) is 7.01. The van der Waals surface area contributed by atoms with Crippen LogP contribution in [0, 0.1) is 11.8 Å². The Morgan fingerprint density at radius 3 is 2.08 bits per heavy atom. The molecule has 37 heavy (non-hydrogen) atoms. The number of para-hydroxylation sites is 1. The van der Waals surface area contributed by atoms with E-state index in [1.807, 2.05) is 37.3 Å². The number of amides is 2. The van der Waals surface area contributed by atoms with E-state index in [0.29, 0.717) is 41.7 Å². The molecular formula is C29H33N3O4S. The van der Waals surface area contributed by atoms with Gasteiger partial charge in [0.1, 0.15) is 0 Å². The Kier molecular flexibility index (Phi) is 8.10. The standard InChI is InChI=1S/C29H33N3O4S/c1-20-17-21(2)19-32(18-20)37(35,36)25-15-13-24(14-16-25)28(33)31-27-12-8-7-11-26(27)29(34)30-22(3)23-9-5-4-6-10-23/h4-16,20-22H,17-19H2,1-3H3,(H,30,34)(H,31,33)/t20-,21+,22-/m1/s1. The van der Waals surface area contributed by atoms with Gasteiger partial charge in [-0.15, -0.1) is 0 Å². The number of nitrogens with zero attached hydrogens (tertiary/aromatic N) is 1. The molecule has 0 radical (unpaired) electrons. The van der Waals surface area contributed by atoms with Gasteiger partial charge in [0, 0.05) is 18.7 Å². The average Bonchev–Trinajstić information content (AvgIpc) is 2.89. The average molecular weight is 520 g/mol. The first-order valence-electron chi connectivity index (χ1n) is 12.5. The van der Waals surface area contributed by atoms with E-state index in [9.17, 15) is 18.0 Å². The molecule has 4 rings (SSSR count). The van der Waals surface area contributed by atoms with E-state index in [0.717, 1.165) is 12.0 Å². The fourth-order valence-electron chi connectivity index (χ4n) is 4.81. The van der Waals surface area contributed by atoms with Crippen LogP contribution >= 0.6 is 0 Å². The van der Waals surface area contributed by atoms with E-state index in [-0.39, 0.29) is 16.8 Å². The lowest BCUT2D eigenvalue weighted by Gasteiger charge is -2.34. The van der Waals surface area contributed by atoms with Crippen LogP contribution in [0.5, 0.6) is 0 Å². The molecule has 1 saturated heterocycles. The number of piperidine rings is 1. The van der Waals surface area contributed by atoms with Crippen molar-refractivity contribution in [2.24, 2.45) is 11.8 Å². The maximum atomic E-state index is 13.1. The summed E-state index contributed by atoms with van der Waals surface area (Å²) in [6, 6.07) is 22.1. The number of benzene rings is 3. The minimum atomic E-state index is -3.63. The lowest BCUT2D eigenvalue weighted by Crippen LogP contribution is -2.42. The number of hydrogen-bond donors (Lipinski definition) is 2. The van der Waals surface area contributed by atoms with Gasteiger partial charge in [0.25, 0.3) is 11.8 Å². The van der Waals surface area contributed by atoms with Crippen molar-refractivity contribution in [1.82, 2.24) is 9.62 Å². The van der Waals surface area contributed by atoms with Gasteiger partial charge in [-0.25, -0.2) is 8.42 Å². The van der Waals surface area contributed by atoms with E-state index in [1.54, 1.807) is 24.3 Å². The Morgan fingerprint density at radius 2 is 1.43 bits per heavy atom.